The molecule has 0 fully saturated rings. The fourth-order valence-electron chi connectivity index (χ4n) is 4.23. The van der Waals surface area contributed by atoms with E-state index in [9.17, 15) is 9.59 Å². The van der Waals surface area contributed by atoms with Crippen LogP contribution in [0.5, 0.6) is 11.5 Å². The van der Waals surface area contributed by atoms with E-state index in [1.807, 2.05) is 48.5 Å². The first-order chi connectivity index (χ1) is 17.3. The molecule has 4 rings (SSSR count). The van der Waals surface area contributed by atoms with E-state index in [4.69, 9.17) is 14.2 Å². The van der Waals surface area contributed by atoms with Gasteiger partial charge < -0.3 is 14.2 Å². The Balaban J connectivity index is 2.08. The van der Waals surface area contributed by atoms with Crippen LogP contribution in [0.1, 0.15) is 35.3 Å². The van der Waals surface area contributed by atoms with Crippen LogP contribution in [0.4, 0.5) is 0 Å². The van der Waals surface area contributed by atoms with E-state index in [1.54, 1.807) is 31.9 Å². The van der Waals surface area contributed by atoms with E-state index in [1.165, 1.54) is 6.92 Å². The van der Waals surface area contributed by atoms with Gasteiger partial charge in [-0.2, -0.15) is 0 Å². The summed E-state index contributed by atoms with van der Waals surface area (Å²) in [4.78, 5) is 27.1. The SMILES string of the molecule is CCOC(=O)c1cc(OC(C)=O)c2cc(OC)c(Sc3c(C)cccc3C)cc2c1-c1ccccc1. The minimum absolute atomic E-state index is 0.226. The van der Waals surface area contributed by atoms with Crippen LogP contribution in [-0.2, 0) is 9.53 Å². The number of benzene rings is 4. The van der Waals surface area contributed by atoms with Crippen LogP contribution in [0, 0.1) is 13.8 Å². The lowest BCUT2D eigenvalue weighted by Gasteiger charge is -2.19. The van der Waals surface area contributed by atoms with Crippen molar-refractivity contribution in [1.82, 2.24) is 0 Å². The van der Waals surface area contributed by atoms with Crippen LogP contribution < -0.4 is 9.47 Å². The second kappa shape index (κ2) is 10.9. The van der Waals surface area contributed by atoms with E-state index in [0.29, 0.717) is 22.3 Å². The topological polar surface area (TPSA) is 61.8 Å². The summed E-state index contributed by atoms with van der Waals surface area (Å²) >= 11 is 1.61. The van der Waals surface area contributed by atoms with Gasteiger partial charge in [-0.05, 0) is 61.0 Å². The molecule has 0 saturated carbocycles. The summed E-state index contributed by atoms with van der Waals surface area (Å²) in [7, 11) is 1.62. The van der Waals surface area contributed by atoms with Crippen molar-refractivity contribution in [3.8, 4) is 22.6 Å². The zero-order chi connectivity index (χ0) is 25.8. The molecule has 0 radical (unpaired) electrons. The lowest BCUT2D eigenvalue weighted by molar-refractivity contribution is -0.131. The van der Waals surface area contributed by atoms with Gasteiger partial charge in [0.1, 0.15) is 11.5 Å². The van der Waals surface area contributed by atoms with Crippen molar-refractivity contribution in [3.63, 3.8) is 0 Å². The Labute approximate surface area is 215 Å². The third-order valence-corrected chi connectivity index (χ3v) is 7.20. The zero-order valence-corrected chi connectivity index (χ0v) is 21.8. The molecule has 0 spiro atoms. The number of ether oxygens (including phenoxy) is 3. The predicted molar refractivity (Wildman–Crippen MR) is 143 cm³/mol. The van der Waals surface area contributed by atoms with E-state index >= 15 is 0 Å². The smallest absolute Gasteiger partial charge is 0.338 e. The maximum Gasteiger partial charge on any atom is 0.338 e. The molecule has 0 heterocycles. The van der Waals surface area contributed by atoms with Gasteiger partial charge in [0.25, 0.3) is 0 Å². The summed E-state index contributed by atoms with van der Waals surface area (Å²) in [5, 5.41) is 1.43. The number of aryl methyl sites for hydroxylation is 2. The molecular formula is C30H28O5S. The Morgan fingerprint density at radius 3 is 2.17 bits per heavy atom. The molecule has 184 valence electrons. The summed E-state index contributed by atoms with van der Waals surface area (Å²) in [6.45, 7) is 7.48. The second-order valence-electron chi connectivity index (χ2n) is 8.35. The van der Waals surface area contributed by atoms with Crippen molar-refractivity contribution in [2.75, 3.05) is 13.7 Å². The molecule has 0 aliphatic heterocycles. The summed E-state index contributed by atoms with van der Waals surface area (Å²) in [6, 6.07) is 21.3. The lowest BCUT2D eigenvalue weighted by Crippen LogP contribution is -2.09. The molecule has 0 N–H and O–H groups in total. The minimum Gasteiger partial charge on any atom is -0.496 e. The summed E-state index contributed by atoms with van der Waals surface area (Å²) < 4.78 is 16.7. The highest BCUT2D eigenvalue weighted by Crippen LogP contribution is 2.46. The van der Waals surface area contributed by atoms with Crippen LogP contribution in [0.3, 0.4) is 0 Å². The predicted octanol–water partition coefficient (Wildman–Crippen LogP) is 7.39. The Morgan fingerprint density at radius 2 is 1.56 bits per heavy atom. The van der Waals surface area contributed by atoms with Gasteiger partial charge in [-0.15, -0.1) is 0 Å². The van der Waals surface area contributed by atoms with Crippen LogP contribution in [-0.4, -0.2) is 25.7 Å². The number of carbonyl (C=O) groups excluding carboxylic acids is 2. The molecule has 0 aromatic heterocycles. The fourth-order valence-corrected chi connectivity index (χ4v) is 5.33. The molecule has 36 heavy (non-hydrogen) atoms. The molecule has 0 saturated heterocycles. The van der Waals surface area contributed by atoms with Crippen LogP contribution in [0.25, 0.3) is 21.9 Å². The highest BCUT2D eigenvalue weighted by molar-refractivity contribution is 7.99. The van der Waals surface area contributed by atoms with Gasteiger partial charge >= 0.3 is 11.9 Å². The highest BCUT2D eigenvalue weighted by Gasteiger charge is 2.23. The molecule has 6 heteroatoms. The number of rotatable bonds is 7. The van der Waals surface area contributed by atoms with Gasteiger partial charge in [0, 0.05) is 22.8 Å². The summed E-state index contributed by atoms with van der Waals surface area (Å²) in [5.41, 5.74) is 4.22. The second-order valence-corrected chi connectivity index (χ2v) is 9.40. The Kier molecular flexibility index (Phi) is 7.65. The van der Waals surface area contributed by atoms with E-state index < -0.39 is 11.9 Å². The third-order valence-electron chi connectivity index (χ3n) is 5.82. The van der Waals surface area contributed by atoms with Crippen molar-refractivity contribution in [2.45, 2.75) is 37.5 Å². The third kappa shape index (κ3) is 5.09. The molecule has 4 aromatic rings. The molecule has 5 nitrogen and oxygen atoms in total. The number of hydrogen-bond acceptors (Lipinski definition) is 6. The molecule has 0 unspecified atom stereocenters. The quantitative estimate of drug-likeness (QED) is 0.195. The Morgan fingerprint density at radius 1 is 0.861 bits per heavy atom. The molecular weight excluding hydrogens is 472 g/mol. The first-order valence-corrected chi connectivity index (χ1v) is 12.5. The number of fused-ring (bicyclic) bond motifs is 1. The highest BCUT2D eigenvalue weighted by atomic mass is 32.2. The summed E-state index contributed by atoms with van der Waals surface area (Å²) in [6.07, 6.45) is 0. The lowest BCUT2D eigenvalue weighted by atomic mass is 9.92. The van der Waals surface area contributed by atoms with Gasteiger partial charge in [-0.3, -0.25) is 4.79 Å². The number of esters is 2. The van der Waals surface area contributed by atoms with E-state index in [-0.39, 0.29) is 12.4 Å². The van der Waals surface area contributed by atoms with E-state index in [0.717, 1.165) is 31.9 Å². The maximum absolute atomic E-state index is 13.1. The van der Waals surface area contributed by atoms with Crippen molar-refractivity contribution in [1.29, 1.82) is 0 Å². The molecule has 0 aliphatic rings. The standard InChI is InChI=1S/C30H28O5S/c1-6-34-30(32)24-16-25(35-20(4)31)22-15-26(33-5)27(36-29-18(2)11-10-12-19(29)3)17-23(22)28(24)21-13-8-7-9-14-21/h7-17H,6H2,1-5H3. The molecule has 0 amide bonds. The van der Waals surface area contributed by atoms with Crippen LogP contribution in [0.15, 0.2) is 76.5 Å². The Hall–Kier alpha value is -3.77. The molecule has 0 aliphatic carbocycles. The van der Waals surface area contributed by atoms with Crippen molar-refractivity contribution >= 4 is 34.5 Å². The van der Waals surface area contributed by atoms with Crippen molar-refractivity contribution in [3.05, 3.63) is 83.4 Å². The van der Waals surface area contributed by atoms with Gasteiger partial charge in [-0.25, -0.2) is 4.79 Å². The molecule has 4 aromatic carbocycles. The van der Waals surface area contributed by atoms with Crippen molar-refractivity contribution < 1.29 is 23.8 Å². The Bertz CT molecular complexity index is 1420. The minimum atomic E-state index is -0.480. The van der Waals surface area contributed by atoms with Gasteiger partial charge in [0.15, 0.2) is 0 Å². The number of hydrogen-bond donors (Lipinski definition) is 0. The summed E-state index contributed by atoms with van der Waals surface area (Å²) in [5.74, 6) is -0.0356. The first-order valence-electron chi connectivity index (χ1n) is 11.7. The monoisotopic (exact) mass is 500 g/mol. The van der Waals surface area contributed by atoms with E-state index in [2.05, 4.69) is 26.0 Å². The zero-order valence-electron chi connectivity index (χ0n) is 21.0. The van der Waals surface area contributed by atoms with Gasteiger partial charge in [0.05, 0.1) is 24.2 Å². The van der Waals surface area contributed by atoms with Crippen LogP contribution in [0.2, 0.25) is 0 Å². The normalized spacial score (nSPS) is 10.8. The van der Waals surface area contributed by atoms with Crippen molar-refractivity contribution in [2.24, 2.45) is 0 Å². The maximum atomic E-state index is 13.1. The van der Waals surface area contributed by atoms with Crippen LogP contribution >= 0.6 is 11.8 Å². The number of methoxy groups -OCH3 is 1. The largest absolute Gasteiger partial charge is 0.496 e. The first kappa shape index (κ1) is 25.3. The average Bonchev–Trinajstić information content (AvgIpc) is 2.86. The van der Waals surface area contributed by atoms with Gasteiger partial charge in [0.2, 0.25) is 0 Å². The molecule has 0 bridgehead atoms. The number of carbonyl (C=O) groups is 2. The van der Waals surface area contributed by atoms with Gasteiger partial charge in [-0.1, -0.05) is 60.3 Å². The molecule has 0 atom stereocenters. The fraction of sp³-hybridized carbons (Fsp3) is 0.200. The average molecular weight is 501 g/mol.